The zero-order valence-electron chi connectivity index (χ0n) is 19.2. The van der Waals surface area contributed by atoms with Crippen LogP contribution in [0.15, 0.2) is 60.7 Å². The monoisotopic (exact) mass is 407 g/mol. The van der Waals surface area contributed by atoms with E-state index in [2.05, 4.69) is 86.8 Å². The van der Waals surface area contributed by atoms with Gasteiger partial charge in [-0.05, 0) is 24.0 Å². The zero-order valence-corrected chi connectivity index (χ0v) is 19.2. The second-order valence-electron chi connectivity index (χ2n) is 9.28. The van der Waals surface area contributed by atoms with Gasteiger partial charge in [0.1, 0.15) is 0 Å². The Morgan fingerprint density at radius 1 is 0.767 bits per heavy atom. The third-order valence-electron chi connectivity index (χ3n) is 7.29. The highest BCUT2D eigenvalue weighted by Gasteiger charge is 2.52. The molecule has 0 bridgehead atoms. The number of benzene rings is 2. The summed E-state index contributed by atoms with van der Waals surface area (Å²) in [5, 5.41) is 16.3. The van der Waals surface area contributed by atoms with Gasteiger partial charge in [0.15, 0.2) is 0 Å². The van der Waals surface area contributed by atoms with Gasteiger partial charge in [-0.15, -0.1) is 0 Å². The summed E-state index contributed by atoms with van der Waals surface area (Å²) in [6.45, 7) is 6.77. The fraction of sp³-hybridized carbons (Fsp3) is 0.571. The lowest BCUT2D eigenvalue weighted by molar-refractivity contribution is -0.126. The highest BCUT2D eigenvalue weighted by Crippen LogP contribution is 2.50. The van der Waals surface area contributed by atoms with Crippen LogP contribution in [0.25, 0.3) is 0 Å². The van der Waals surface area contributed by atoms with Gasteiger partial charge in [0.25, 0.3) is 0 Å². The van der Waals surface area contributed by atoms with E-state index in [9.17, 15) is 5.11 Å². The normalized spacial score (nSPS) is 29.1. The van der Waals surface area contributed by atoms with Crippen molar-refractivity contribution < 1.29 is 5.11 Å². The average molecular weight is 408 g/mol. The van der Waals surface area contributed by atoms with E-state index in [1.807, 2.05) is 0 Å². The molecule has 2 aromatic rings. The molecule has 0 unspecified atom stereocenters. The van der Waals surface area contributed by atoms with Gasteiger partial charge in [-0.2, -0.15) is 0 Å². The predicted octanol–water partition coefficient (Wildman–Crippen LogP) is 7.22. The van der Waals surface area contributed by atoms with Gasteiger partial charge in [0, 0.05) is 23.9 Å². The number of aliphatic hydroxyl groups is 1. The second kappa shape index (κ2) is 11.1. The van der Waals surface area contributed by atoms with Crippen molar-refractivity contribution in [3.8, 4) is 0 Å². The smallest absolute Gasteiger partial charge is 0.0737 e. The van der Waals surface area contributed by atoms with E-state index >= 15 is 0 Å². The van der Waals surface area contributed by atoms with Crippen LogP contribution in [0.1, 0.15) is 95.3 Å². The molecule has 1 aliphatic heterocycles. The SMILES string of the molecule is CCCCCCC[C@]1(O)[C@H](C)[C@H](c2ccccc2)N[C@@H](c2ccccc2)[C@H]1CCC. The lowest BCUT2D eigenvalue weighted by Gasteiger charge is -2.53. The summed E-state index contributed by atoms with van der Waals surface area (Å²) in [7, 11) is 0. The number of unbranched alkanes of at least 4 members (excludes halogenated alkanes) is 4. The van der Waals surface area contributed by atoms with Crippen LogP contribution in [0.4, 0.5) is 0 Å². The molecule has 30 heavy (non-hydrogen) atoms. The lowest BCUT2D eigenvalue weighted by atomic mass is 9.62. The fourth-order valence-corrected chi connectivity index (χ4v) is 5.56. The Kier molecular flexibility index (Phi) is 8.53. The Balaban J connectivity index is 1.94. The van der Waals surface area contributed by atoms with Crippen LogP contribution >= 0.6 is 0 Å². The van der Waals surface area contributed by atoms with Crippen molar-refractivity contribution in [2.75, 3.05) is 0 Å². The van der Waals surface area contributed by atoms with E-state index in [0.717, 1.165) is 25.7 Å². The number of hydrogen-bond acceptors (Lipinski definition) is 2. The first kappa shape index (κ1) is 23.0. The van der Waals surface area contributed by atoms with E-state index in [0.29, 0.717) is 0 Å². The average Bonchev–Trinajstić information content (AvgIpc) is 2.78. The molecule has 1 aliphatic rings. The molecule has 5 atom stereocenters. The molecule has 2 heteroatoms. The molecule has 1 heterocycles. The maximum Gasteiger partial charge on any atom is 0.0737 e. The van der Waals surface area contributed by atoms with Crippen molar-refractivity contribution in [2.45, 2.75) is 89.8 Å². The highest BCUT2D eigenvalue weighted by atomic mass is 16.3. The first-order valence-electron chi connectivity index (χ1n) is 12.2. The number of hydrogen-bond donors (Lipinski definition) is 2. The summed E-state index contributed by atoms with van der Waals surface area (Å²) >= 11 is 0. The number of rotatable bonds is 10. The zero-order chi connectivity index (χ0) is 21.4. The minimum absolute atomic E-state index is 0.158. The summed E-state index contributed by atoms with van der Waals surface area (Å²) < 4.78 is 0. The fourth-order valence-electron chi connectivity index (χ4n) is 5.56. The molecule has 1 saturated heterocycles. The Bertz CT molecular complexity index is 731. The van der Waals surface area contributed by atoms with Gasteiger partial charge < -0.3 is 10.4 Å². The van der Waals surface area contributed by atoms with Crippen LogP contribution in [0.3, 0.4) is 0 Å². The maximum absolute atomic E-state index is 12.3. The summed E-state index contributed by atoms with van der Waals surface area (Å²) in [4.78, 5) is 0. The standard InChI is InChI=1S/C28H41NO/c1-4-6-7-8-15-21-28(30)22(3)26(23-17-11-9-12-18-23)29-27(25(28)16-5-2)24-19-13-10-14-20-24/h9-14,17-20,22,25-27,29-30H,4-8,15-16,21H2,1-3H3/t22-,25-,26-,27+,28+/m1/s1. The molecule has 0 radical (unpaired) electrons. The molecule has 0 aliphatic carbocycles. The van der Waals surface area contributed by atoms with Crippen LogP contribution in [-0.4, -0.2) is 10.7 Å². The molecule has 0 saturated carbocycles. The molecule has 1 fully saturated rings. The van der Waals surface area contributed by atoms with Crippen molar-refractivity contribution in [3.63, 3.8) is 0 Å². The maximum atomic E-state index is 12.3. The van der Waals surface area contributed by atoms with Crippen LogP contribution < -0.4 is 5.32 Å². The van der Waals surface area contributed by atoms with Crippen molar-refractivity contribution in [2.24, 2.45) is 11.8 Å². The molecule has 2 nitrogen and oxygen atoms in total. The lowest BCUT2D eigenvalue weighted by Crippen LogP contribution is -2.58. The third kappa shape index (κ3) is 5.15. The van der Waals surface area contributed by atoms with Crippen molar-refractivity contribution >= 4 is 0 Å². The second-order valence-corrected chi connectivity index (χ2v) is 9.28. The van der Waals surface area contributed by atoms with Crippen LogP contribution in [0, 0.1) is 11.8 Å². The van der Waals surface area contributed by atoms with Gasteiger partial charge in [0.05, 0.1) is 5.60 Å². The third-order valence-corrected chi connectivity index (χ3v) is 7.29. The van der Waals surface area contributed by atoms with Crippen LogP contribution in [-0.2, 0) is 0 Å². The number of piperidine rings is 1. The Morgan fingerprint density at radius 2 is 1.33 bits per heavy atom. The minimum atomic E-state index is -0.658. The topological polar surface area (TPSA) is 32.3 Å². The molecule has 0 amide bonds. The van der Waals surface area contributed by atoms with Crippen LogP contribution in [0.5, 0.6) is 0 Å². The molecule has 2 N–H and O–H groups in total. The van der Waals surface area contributed by atoms with Gasteiger partial charge >= 0.3 is 0 Å². The van der Waals surface area contributed by atoms with Crippen molar-refractivity contribution in [3.05, 3.63) is 71.8 Å². The minimum Gasteiger partial charge on any atom is -0.389 e. The Morgan fingerprint density at radius 3 is 1.90 bits per heavy atom. The molecule has 2 aromatic carbocycles. The van der Waals surface area contributed by atoms with Gasteiger partial charge in [-0.1, -0.05) is 120 Å². The first-order valence-corrected chi connectivity index (χ1v) is 12.2. The molecule has 0 spiro atoms. The van der Waals surface area contributed by atoms with Crippen molar-refractivity contribution in [1.29, 1.82) is 0 Å². The highest BCUT2D eigenvalue weighted by molar-refractivity contribution is 5.28. The summed E-state index contributed by atoms with van der Waals surface area (Å²) in [5.74, 6) is 0.397. The summed E-state index contributed by atoms with van der Waals surface area (Å²) in [6.07, 6.45) is 9.22. The van der Waals surface area contributed by atoms with Crippen LogP contribution in [0.2, 0.25) is 0 Å². The molecular weight excluding hydrogens is 366 g/mol. The molecule has 0 aromatic heterocycles. The van der Waals surface area contributed by atoms with E-state index in [-0.39, 0.29) is 23.9 Å². The van der Waals surface area contributed by atoms with E-state index < -0.39 is 5.60 Å². The predicted molar refractivity (Wildman–Crippen MR) is 127 cm³/mol. The number of nitrogens with one attached hydrogen (secondary N) is 1. The summed E-state index contributed by atoms with van der Waals surface area (Å²) in [5.41, 5.74) is 1.92. The Labute approximate surface area is 184 Å². The first-order chi connectivity index (χ1) is 14.6. The largest absolute Gasteiger partial charge is 0.389 e. The molecular formula is C28H41NO. The molecule has 164 valence electrons. The summed E-state index contributed by atoms with van der Waals surface area (Å²) in [6, 6.07) is 21.8. The van der Waals surface area contributed by atoms with Gasteiger partial charge in [-0.25, -0.2) is 0 Å². The molecule has 3 rings (SSSR count). The van der Waals surface area contributed by atoms with E-state index in [1.165, 1.54) is 36.8 Å². The van der Waals surface area contributed by atoms with E-state index in [1.54, 1.807) is 0 Å². The van der Waals surface area contributed by atoms with Gasteiger partial charge in [-0.3, -0.25) is 0 Å². The van der Waals surface area contributed by atoms with Gasteiger partial charge in [0.2, 0.25) is 0 Å². The van der Waals surface area contributed by atoms with E-state index in [4.69, 9.17) is 0 Å². The van der Waals surface area contributed by atoms with Crippen molar-refractivity contribution in [1.82, 2.24) is 5.32 Å². The Hall–Kier alpha value is -1.64. The quantitative estimate of drug-likeness (QED) is 0.408.